The molecule has 0 spiro atoms. The molecule has 2 aliphatic rings. The maximum absolute atomic E-state index is 13.4. The van der Waals surface area contributed by atoms with Crippen LogP contribution in [0.1, 0.15) is 5.56 Å². The number of nitrogens with one attached hydrogen (secondary N) is 2. The lowest BCUT2D eigenvalue weighted by Crippen LogP contribution is -2.58. The third-order valence-electron chi connectivity index (χ3n) is 4.69. The average molecular weight is 357 g/mol. The predicted octanol–water partition coefficient (Wildman–Crippen LogP) is 1.19. The highest BCUT2D eigenvalue weighted by Gasteiger charge is 2.44. The summed E-state index contributed by atoms with van der Waals surface area (Å²) in [6.07, 6.45) is -3.90. The summed E-state index contributed by atoms with van der Waals surface area (Å²) < 4.78 is 45.6. The summed E-state index contributed by atoms with van der Waals surface area (Å²) in [5.41, 5.74) is 0.906. The van der Waals surface area contributed by atoms with Crippen molar-refractivity contribution >= 4 is 5.91 Å². The van der Waals surface area contributed by atoms with Gasteiger partial charge >= 0.3 is 6.18 Å². The Morgan fingerprint density at radius 3 is 2.76 bits per heavy atom. The average Bonchev–Trinajstić information content (AvgIpc) is 2.61. The third-order valence-corrected chi connectivity index (χ3v) is 4.69. The fourth-order valence-electron chi connectivity index (χ4n) is 3.28. The van der Waals surface area contributed by atoms with E-state index in [-0.39, 0.29) is 12.5 Å². The summed E-state index contributed by atoms with van der Waals surface area (Å²) >= 11 is 0. The maximum atomic E-state index is 13.4. The van der Waals surface area contributed by atoms with Crippen LogP contribution in [-0.2, 0) is 11.2 Å². The van der Waals surface area contributed by atoms with Gasteiger partial charge in [-0.2, -0.15) is 13.2 Å². The lowest BCUT2D eigenvalue weighted by molar-refractivity contribution is -0.184. The Morgan fingerprint density at radius 1 is 1.32 bits per heavy atom. The van der Waals surface area contributed by atoms with Crippen molar-refractivity contribution in [1.29, 1.82) is 0 Å². The Labute approximate surface area is 144 Å². The van der Waals surface area contributed by atoms with Crippen molar-refractivity contribution in [1.82, 2.24) is 15.5 Å². The third kappa shape index (κ3) is 4.43. The first-order valence-corrected chi connectivity index (χ1v) is 8.45. The molecule has 2 aliphatic heterocycles. The van der Waals surface area contributed by atoms with Crippen LogP contribution in [0.5, 0.6) is 5.75 Å². The van der Waals surface area contributed by atoms with E-state index in [1.165, 1.54) is 4.90 Å². The van der Waals surface area contributed by atoms with E-state index < -0.39 is 24.7 Å². The van der Waals surface area contributed by atoms with Crippen LogP contribution in [0.25, 0.3) is 0 Å². The van der Waals surface area contributed by atoms with E-state index in [0.29, 0.717) is 32.6 Å². The molecule has 1 fully saturated rings. The molecule has 0 aromatic heterocycles. The summed E-state index contributed by atoms with van der Waals surface area (Å²) in [6, 6.07) is 5.74. The van der Waals surface area contributed by atoms with Crippen LogP contribution in [0.4, 0.5) is 13.2 Å². The number of fused-ring (bicyclic) bond motifs is 1. The first kappa shape index (κ1) is 18.0. The highest BCUT2D eigenvalue weighted by atomic mass is 19.4. The summed E-state index contributed by atoms with van der Waals surface area (Å²) in [6.45, 7) is 1.44. The summed E-state index contributed by atoms with van der Waals surface area (Å²) in [7, 11) is 0. The second-order valence-electron chi connectivity index (χ2n) is 6.41. The predicted molar refractivity (Wildman–Crippen MR) is 86.4 cm³/mol. The molecule has 1 aromatic rings. The molecular weight excluding hydrogens is 335 g/mol. The second kappa shape index (κ2) is 7.61. The van der Waals surface area contributed by atoms with Gasteiger partial charge in [0, 0.05) is 32.7 Å². The van der Waals surface area contributed by atoms with Gasteiger partial charge in [0.25, 0.3) is 0 Å². The number of benzene rings is 1. The largest absolute Gasteiger partial charge is 0.492 e. The molecule has 1 aromatic carbocycles. The summed E-state index contributed by atoms with van der Waals surface area (Å²) in [4.78, 5) is 13.7. The van der Waals surface area contributed by atoms with Crippen LogP contribution >= 0.6 is 0 Å². The highest BCUT2D eigenvalue weighted by molar-refractivity contribution is 5.79. The van der Waals surface area contributed by atoms with Gasteiger partial charge in [0.15, 0.2) is 0 Å². The molecule has 0 aliphatic carbocycles. The molecule has 3 rings (SSSR count). The highest BCUT2D eigenvalue weighted by Crippen LogP contribution is 2.28. The summed E-state index contributed by atoms with van der Waals surface area (Å²) in [5.74, 6) is -0.119. The zero-order chi connectivity index (χ0) is 17.9. The molecule has 2 heterocycles. The molecule has 8 heteroatoms. The zero-order valence-corrected chi connectivity index (χ0v) is 13.8. The van der Waals surface area contributed by atoms with Crippen LogP contribution in [0.2, 0.25) is 0 Å². The van der Waals surface area contributed by atoms with Crippen LogP contribution in [-0.4, -0.2) is 62.4 Å². The Morgan fingerprint density at radius 2 is 2.04 bits per heavy atom. The lowest BCUT2D eigenvalue weighted by atomic mass is 9.96. The number of carbonyl (C=O) groups is 1. The second-order valence-corrected chi connectivity index (χ2v) is 6.41. The van der Waals surface area contributed by atoms with Crippen molar-refractivity contribution in [3.63, 3.8) is 0 Å². The number of hydrogen-bond donors (Lipinski definition) is 2. The zero-order valence-electron chi connectivity index (χ0n) is 13.8. The number of piperazine rings is 1. The molecule has 2 atom stereocenters. The number of nitrogens with zero attached hydrogens (tertiary/aromatic N) is 1. The van der Waals surface area contributed by atoms with Gasteiger partial charge in [0.05, 0.1) is 5.92 Å². The van der Waals surface area contributed by atoms with Gasteiger partial charge in [0.1, 0.15) is 18.4 Å². The number of carbonyl (C=O) groups excluding carboxylic acids is 1. The fraction of sp³-hybridized carbons (Fsp3) is 0.588. The molecule has 25 heavy (non-hydrogen) atoms. The van der Waals surface area contributed by atoms with E-state index in [1.54, 1.807) is 0 Å². The van der Waals surface area contributed by atoms with Crippen molar-refractivity contribution in [3.8, 4) is 5.75 Å². The van der Waals surface area contributed by atoms with E-state index in [1.807, 2.05) is 24.3 Å². The molecule has 5 nitrogen and oxygen atoms in total. The molecular formula is C17H22F3N3O2. The number of amides is 1. The number of rotatable bonds is 4. The van der Waals surface area contributed by atoms with E-state index in [9.17, 15) is 18.0 Å². The topological polar surface area (TPSA) is 53.6 Å². The molecule has 2 N–H and O–H groups in total. The van der Waals surface area contributed by atoms with Crippen LogP contribution in [0, 0.1) is 5.92 Å². The van der Waals surface area contributed by atoms with Gasteiger partial charge in [-0.3, -0.25) is 9.69 Å². The quantitative estimate of drug-likeness (QED) is 0.850. The number of para-hydroxylation sites is 1. The Bertz CT molecular complexity index is 603. The van der Waals surface area contributed by atoms with E-state index >= 15 is 0 Å². The van der Waals surface area contributed by atoms with Crippen LogP contribution in [0.3, 0.4) is 0 Å². The van der Waals surface area contributed by atoms with Gasteiger partial charge in [-0.05, 0) is 18.1 Å². The SMILES string of the molecule is O=C(NCC(N1CCNCC1)C(F)(F)F)C1COc2ccccc2C1. The van der Waals surface area contributed by atoms with Gasteiger partial charge in [-0.25, -0.2) is 0 Å². The Balaban J connectivity index is 1.58. The standard InChI is InChI=1S/C17H22F3N3O2/c18-17(19,20)15(23-7-5-21-6-8-23)10-22-16(24)13-9-12-3-1-2-4-14(12)25-11-13/h1-4,13,15,21H,5-11H2,(H,22,24). The lowest BCUT2D eigenvalue weighted by Gasteiger charge is -2.36. The van der Waals surface area contributed by atoms with E-state index in [0.717, 1.165) is 11.3 Å². The molecule has 138 valence electrons. The van der Waals surface area contributed by atoms with Crippen molar-refractivity contribution in [2.45, 2.75) is 18.6 Å². The minimum Gasteiger partial charge on any atom is -0.492 e. The van der Waals surface area contributed by atoms with Gasteiger partial charge < -0.3 is 15.4 Å². The number of hydrogen-bond acceptors (Lipinski definition) is 4. The monoisotopic (exact) mass is 357 g/mol. The normalized spacial score (nSPS) is 22.6. The van der Waals surface area contributed by atoms with Crippen LogP contribution < -0.4 is 15.4 Å². The Kier molecular flexibility index (Phi) is 5.48. The van der Waals surface area contributed by atoms with Crippen molar-refractivity contribution in [3.05, 3.63) is 29.8 Å². The minimum absolute atomic E-state index is 0.188. The fourth-order valence-corrected chi connectivity index (χ4v) is 3.28. The molecule has 1 amide bonds. The first-order valence-electron chi connectivity index (χ1n) is 8.45. The van der Waals surface area contributed by atoms with Crippen LogP contribution in [0.15, 0.2) is 24.3 Å². The van der Waals surface area contributed by atoms with E-state index in [4.69, 9.17) is 4.74 Å². The van der Waals surface area contributed by atoms with Crippen molar-refractivity contribution in [2.75, 3.05) is 39.3 Å². The number of alkyl halides is 3. The molecule has 1 saturated heterocycles. The Hall–Kier alpha value is -1.80. The molecule has 0 saturated carbocycles. The number of ether oxygens (including phenoxy) is 1. The molecule has 0 radical (unpaired) electrons. The molecule has 0 bridgehead atoms. The number of halogens is 3. The van der Waals surface area contributed by atoms with Crippen molar-refractivity contribution < 1.29 is 22.7 Å². The van der Waals surface area contributed by atoms with Crippen molar-refractivity contribution in [2.24, 2.45) is 5.92 Å². The van der Waals surface area contributed by atoms with E-state index in [2.05, 4.69) is 10.6 Å². The maximum Gasteiger partial charge on any atom is 0.405 e. The molecule has 2 unspecified atom stereocenters. The summed E-state index contributed by atoms with van der Waals surface area (Å²) in [5, 5.41) is 5.52. The first-order chi connectivity index (χ1) is 11.9. The minimum atomic E-state index is -4.37. The smallest absolute Gasteiger partial charge is 0.405 e. The van der Waals surface area contributed by atoms with Gasteiger partial charge in [0.2, 0.25) is 5.91 Å². The van der Waals surface area contributed by atoms with Gasteiger partial charge in [-0.15, -0.1) is 0 Å². The van der Waals surface area contributed by atoms with Gasteiger partial charge in [-0.1, -0.05) is 18.2 Å².